The number of hydrogen-bond acceptors (Lipinski definition) is 6. The highest BCUT2D eigenvalue weighted by Crippen LogP contribution is 2.38. The van der Waals surface area contributed by atoms with Crippen molar-refractivity contribution in [2.24, 2.45) is 0 Å². The van der Waals surface area contributed by atoms with E-state index in [4.69, 9.17) is 9.47 Å². The van der Waals surface area contributed by atoms with Crippen molar-refractivity contribution in [2.45, 2.75) is 78.3 Å². The first-order valence-electron chi connectivity index (χ1n) is 19.4. The van der Waals surface area contributed by atoms with Gasteiger partial charge in [0.15, 0.2) is 0 Å². The molecular formula is C46H52N4O6. The Morgan fingerprint density at radius 2 is 0.821 bits per heavy atom. The molecule has 0 radical (unpaired) electrons. The van der Waals surface area contributed by atoms with Crippen molar-refractivity contribution >= 4 is 33.0 Å². The largest absolute Gasteiger partial charge is 0.381 e. The monoisotopic (exact) mass is 756 g/mol. The minimum Gasteiger partial charge on any atom is -0.381 e. The fraction of sp³-hybridized carbons (Fsp3) is 0.348. The van der Waals surface area contributed by atoms with Crippen LogP contribution < -0.4 is 22.5 Å². The summed E-state index contributed by atoms with van der Waals surface area (Å²) in [5, 5.41) is 0.772. The van der Waals surface area contributed by atoms with Crippen molar-refractivity contribution in [3.05, 3.63) is 161 Å². The SMILES string of the molecule is C1CCOC1.C1CCOC1.CC(C)(C)n1c(=O)[nH]c2ccc(/C(=C(/c3ccccc3)c3ccc4[nH]c(=O)n(C(C)(C)C)c(=O)c4c3)c3ccccc3)cc2c1=O. The van der Waals surface area contributed by atoms with E-state index in [1.807, 2.05) is 126 Å². The molecule has 2 fully saturated rings. The van der Waals surface area contributed by atoms with Gasteiger partial charge in [-0.15, -0.1) is 0 Å². The van der Waals surface area contributed by atoms with Gasteiger partial charge < -0.3 is 19.4 Å². The van der Waals surface area contributed by atoms with Crippen LogP contribution >= 0.6 is 0 Å². The van der Waals surface area contributed by atoms with E-state index < -0.39 is 22.5 Å². The Hall–Kier alpha value is -5.58. The molecule has 4 aromatic carbocycles. The summed E-state index contributed by atoms with van der Waals surface area (Å²) in [6, 6.07) is 30.7. The number of H-pyrrole nitrogens is 2. The second-order valence-electron chi connectivity index (χ2n) is 16.1. The molecule has 0 spiro atoms. The van der Waals surface area contributed by atoms with E-state index in [0.717, 1.165) is 59.8 Å². The van der Waals surface area contributed by atoms with E-state index in [2.05, 4.69) is 9.97 Å². The second-order valence-corrected chi connectivity index (χ2v) is 16.1. The zero-order chi connectivity index (χ0) is 40.0. The zero-order valence-electron chi connectivity index (χ0n) is 33.2. The van der Waals surface area contributed by atoms with Gasteiger partial charge in [0.05, 0.1) is 21.8 Å². The van der Waals surface area contributed by atoms with Gasteiger partial charge in [0, 0.05) is 37.5 Å². The van der Waals surface area contributed by atoms with Crippen molar-refractivity contribution in [1.82, 2.24) is 19.1 Å². The van der Waals surface area contributed by atoms with Crippen molar-refractivity contribution in [3.8, 4) is 0 Å². The Kier molecular flexibility index (Phi) is 12.2. The first-order valence-corrected chi connectivity index (χ1v) is 19.4. The smallest absolute Gasteiger partial charge is 0.329 e. The summed E-state index contributed by atoms with van der Waals surface area (Å²) in [6.07, 6.45) is 5.11. The third-order valence-corrected chi connectivity index (χ3v) is 9.74. The van der Waals surface area contributed by atoms with Gasteiger partial charge in [0.25, 0.3) is 11.1 Å². The predicted octanol–water partition coefficient (Wildman–Crippen LogP) is 7.80. The molecule has 56 heavy (non-hydrogen) atoms. The highest BCUT2D eigenvalue weighted by Gasteiger charge is 2.24. The van der Waals surface area contributed by atoms with Crippen LogP contribution in [0.5, 0.6) is 0 Å². The average Bonchev–Trinajstić information content (AvgIpc) is 3.94. The van der Waals surface area contributed by atoms with E-state index >= 15 is 0 Å². The molecule has 6 aromatic rings. The summed E-state index contributed by atoms with van der Waals surface area (Å²) in [5.41, 5.74) is 2.75. The Balaban J connectivity index is 0.000000462. The Morgan fingerprint density at radius 3 is 1.11 bits per heavy atom. The lowest BCUT2D eigenvalue weighted by molar-refractivity contribution is 0.198. The number of hydrogen-bond donors (Lipinski definition) is 2. The van der Waals surface area contributed by atoms with Gasteiger partial charge in [-0.3, -0.25) is 18.7 Å². The van der Waals surface area contributed by atoms with E-state index in [0.29, 0.717) is 21.8 Å². The number of fused-ring (bicyclic) bond motifs is 2. The molecule has 0 saturated carbocycles. The molecule has 4 heterocycles. The maximum atomic E-state index is 13.8. The first kappa shape index (κ1) is 40.1. The van der Waals surface area contributed by atoms with Gasteiger partial charge in [-0.1, -0.05) is 72.8 Å². The molecule has 8 rings (SSSR count). The molecule has 2 saturated heterocycles. The maximum absolute atomic E-state index is 13.8. The summed E-state index contributed by atoms with van der Waals surface area (Å²) in [4.78, 5) is 59.2. The maximum Gasteiger partial charge on any atom is 0.329 e. The number of benzene rings is 4. The number of nitrogens with one attached hydrogen (secondary N) is 2. The lowest BCUT2D eigenvalue weighted by Crippen LogP contribution is -2.44. The quantitative estimate of drug-likeness (QED) is 0.177. The van der Waals surface area contributed by atoms with Crippen LogP contribution in [0.25, 0.3) is 33.0 Å². The van der Waals surface area contributed by atoms with Crippen LogP contribution in [0.4, 0.5) is 0 Å². The molecule has 0 unspecified atom stereocenters. The molecule has 10 nitrogen and oxygen atoms in total. The Bertz CT molecular complexity index is 2380. The average molecular weight is 757 g/mol. The molecule has 2 aliphatic heterocycles. The fourth-order valence-electron chi connectivity index (χ4n) is 7.10. The predicted molar refractivity (Wildman–Crippen MR) is 226 cm³/mol. The molecule has 10 heteroatoms. The first-order chi connectivity index (χ1) is 26.8. The second kappa shape index (κ2) is 17.1. The number of aromatic amines is 2. The number of rotatable bonds is 4. The van der Waals surface area contributed by atoms with Crippen LogP contribution in [0.15, 0.2) is 116 Å². The van der Waals surface area contributed by atoms with Crippen LogP contribution in [0, 0.1) is 0 Å². The topological polar surface area (TPSA) is 128 Å². The minimum atomic E-state index is -0.728. The Morgan fingerprint density at radius 1 is 0.482 bits per heavy atom. The summed E-state index contributed by atoms with van der Waals surface area (Å²) in [5.74, 6) is 0. The molecule has 2 N–H and O–H groups in total. The van der Waals surface area contributed by atoms with Crippen molar-refractivity contribution < 1.29 is 9.47 Å². The molecule has 0 atom stereocenters. The molecular weight excluding hydrogens is 705 g/mol. The van der Waals surface area contributed by atoms with E-state index in [1.54, 1.807) is 12.1 Å². The van der Waals surface area contributed by atoms with Gasteiger partial charge in [-0.25, -0.2) is 9.59 Å². The molecule has 0 amide bonds. The van der Waals surface area contributed by atoms with E-state index in [9.17, 15) is 19.2 Å². The van der Waals surface area contributed by atoms with Gasteiger partial charge in [0.2, 0.25) is 0 Å². The van der Waals surface area contributed by atoms with Gasteiger partial charge in [-0.05, 0) is 125 Å². The van der Waals surface area contributed by atoms with Crippen LogP contribution in [-0.4, -0.2) is 45.5 Å². The van der Waals surface area contributed by atoms with Crippen LogP contribution in [0.3, 0.4) is 0 Å². The highest BCUT2D eigenvalue weighted by molar-refractivity contribution is 6.06. The fourth-order valence-corrected chi connectivity index (χ4v) is 7.10. The summed E-state index contributed by atoms with van der Waals surface area (Å²) < 4.78 is 12.4. The van der Waals surface area contributed by atoms with Crippen LogP contribution in [-0.2, 0) is 20.6 Å². The van der Waals surface area contributed by atoms with Crippen molar-refractivity contribution in [1.29, 1.82) is 0 Å². The van der Waals surface area contributed by atoms with Crippen LogP contribution in [0.2, 0.25) is 0 Å². The van der Waals surface area contributed by atoms with Gasteiger partial charge in [0.1, 0.15) is 0 Å². The zero-order valence-corrected chi connectivity index (χ0v) is 33.2. The molecule has 2 aromatic heterocycles. The molecule has 292 valence electrons. The van der Waals surface area contributed by atoms with E-state index in [1.165, 1.54) is 34.8 Å². The normalized spacial score (nSPS) is 14.8. The van der Waals surface area contributed by atoms with Gasteiger partial charge in [-0.2, -0.15) is 0 Å². The summed E-state index contributed by atoms with van der Waals surface area (Å²) in [6.45, 7) is 14.9. The van der Waals surface area contributed by atoms with Gasteiger partial charge >= 0.3 is 11.4 Å². The number of aromatic nitrogens is 4. The lowest BCUT2D eigenvalue weighted by atomic mass is 9.85. The molecule has 0 bridgehead atoms. The Labute approximate surface area is 326 Å². The molecule has 2 aliphatic rings. The van der Waals surface area contributed by atoms with Crippen LogP contribution in [0.1, 0.15) is 89.5 Å². The minimum absolute atomic E-state index is 0.376. The molecule has 0 aliphatic carbocycles. The third kappa shape index (κ3) is 8.93. The summed E-state index contributed by atoms with van der Waals surface area (Å²) >= 11 is 0. The third-order valence-electron chi connectivity index (χ3n) is 9.74. The lowest BCUT2D eigenvalue weighted by Gasteiger charge is -2.22. The van der Waals surface area contributed by atoms with E-state index in [-0.39, 0.29) is 11.1 Å². The summed E-state index contributed by atoms with van der Waals surface area (Å²) in [7, 11) is 0. The highest BCUT2D eigenvalue weighted by atomic mass is 16.5. The van der Waals surface area contributed by atoms with Crippen molar-refractivity contribution in [3.63, 3.8) is 0 Å². The number of ether oxygens (including phenoxy) is 2. The number of nitrogens with zero attached hydrogens (tertiary/aromatic N) is 2. The standard InChI is InChI=1S/C38H36N4O4.2C4H8O/c1-37(2,3)41-33(43)27-21-25(17-19-29(27)39-35(41)45)31(23-13-9-7-10-14-23)32(24-15-11-8-12-16-24)26-18-20-30-28(22-26)34(44)42(36(46)40-30)38(4,5)6;2*1-2-4-5-3-1/h7-22H,1-6H3,(H,39,45)(H,40,46);2*1-4H2/b32-31-;;. The van der Waals surface area contributed by atoms with Crippen molar-refractivity contribution in [2.75, 3.05) is 26.4 Å².